The minimum atomic E-state index is -0.603. The van der Waals surface area contributed by atoms with Crippen molar-refractivity contribution in [3.8, 4) is 5.69 Å². The molecule has 2 aromatic rings. The molecule has 0 N–H and O–H groups in total. The normalized spacial score (nSPS) is 11.2. The molecule has 5 nitrogen and oxygen atoms in total. The monoisotopic (exact) mass is 299 g/mol. The fraction of sp³-hybridized carbons (Fsp3) is 0.385. The Morgan fingerprint density at radius 1 is 1.30 bits per heavy atom. The fourth-order valence-electron chi connectivity index (χ4n) is 1.69. The van der Waals surface area contributed by atoms with Gasteiger partial charge in [0, 0.05) is 18.2 Å². The molecule has 0 aliphatic rings. The molecule has 0 aliphatic heterocycles. The summed E-state index contributed by atoms with van der Waals surface area (Å²) in [4.78, 5) is 0. The first-order chi connectivity index (χ1) is 9.65. The van der Waals surface area contributed by atoms with Crippen LogP contribution in [0.3, 0.4) is 0 Å². The Kier molecular flexibility index (Phi) is 5.05. The molecule has 1 aromatic heterocycles. The zero-order valence-corrected chi connectivity index (χ0v) is 12.0. The lowest BCUT2D eigenvalue weighted by Crippen LogP contribution is -2.09. The molecule has 0 fully saturated rings. The second-order valence-corrected chi connectivity index (χ2v) is 4.36. The Bertz CT molecular complexity index is 570. The third-order valence-electron chi connectivity index (χ3n) is 2.55. The summed E-state index contributed by atoms with van der Waals surface area (Å²) >= 11 is 5.72. The van der Waals surface area contributed by atoms with Gasteiger partial charge in [-0.05, 0) is 32.0 Å². The predicted octanol–water partition coefficient (Wildman–Crippen LogP) is 3.13. The van der Waals surface area contributed by atoms with Crippen LogP contribution in [0.2, 0.25) is 5.02 Å². The molecular formula is C13H15ClFN3O2. The van der Waals surface area contributed by atoms with Gasteiger partial charge in [0.1, 0.15) is 17.2 Å². The maximum Gasteiger partial charge on any atom is 0.204 e. The highest BCUT2D eigenvalue weighted by Crippen LogP contribution is 2.20. The van der Waals surface area contributed by atoms with Crippen molar-refractivity contribution in [3.05, 3.63) is 40.9 Å². The molecule has 7 heteroatoms. The van der Waals surface area contributed by atoms with Crippen LogP contribution in [0.4, 0.5) is 4.39 Å². The van der Waals surface area contributed by atoms with Crippen LogP contribution in [-0.2, 0) is 9.47 Å². The van der Waals surface area contributed by atoms with E-state index < -0.39 is 12.1 Å². The van der Waals surface area contributed by atoms with Crippen molar-refractivity contribution in [2.24, 2.45) is 0 Å². The van der Waals surface area contributed by atoms with Crippen LogP contribution < -0.4 is 0 Å². The summed E-state index contributed by atoms with van der Waals surface area (Å²) in [5.74, 6) is -0.474. The second kappa shape index (κ2) is 6.78. The van der Waals surface area contributed by atoms with Crippen molar-refractivity contribution >= 4 is 11.6 Å². The lowest BCUT2D eigenvalue weighted by atomic mass is 10.3. The first-order valence-corrected chi connectivity index (χ1v) is 6.64. The largest absolute Gasteiger partial charge is 0.347 e. The number of rotatable bonds is 6. The van der Waals surface area contributed by atoms with Crippen LogP contribution in [0, 0.1) is 5.82 Å². The Balaban J connectivity index is 2.27. The standard InChI is InChI=1S/C13H15ClFN3O2/c1-3-19-13(20-4-2)11-8-18(17-16-11)12-6-5-9(14)7-10(12)15/h5-8,13H,3-4H2,1-2H3. The van der Waals surface area contributed by atoms with E-state index in [2.05, 4.69) is 10.3 Å². The molecule has 108 valence electrons. The van der Waals surface area contributed by atoms with Crippen LogP contribution in [0.15, 0.2) is 24.4 Å². The molecule has 0 unspecified atom stereocenters. The molecule has 1 heterocycles. The van der Waals surface area contributed by atoms with E-state index in [9.17, 15) is 4.39 Å². The summed E-state index contributed by atoms with van der Waals surface area (Å²) in [6.07, 6.45) is 0.969. The Hall–Kier alpha value is -1.50. The van der Waals surface area contributed by atoms with Crippen molar-refractivity contribution < 1.29 is 13.9 Å². The van der Waals surface area contributed by atoms with E-state index in [0.717, 1.165) is 0 Å². The summed E-state index contributed by atoms with van der Waals surface area (Å²) < 4.78 is 26.0. The van der Waals surface area contributed by atoms with E-state index in [1.807, 2.05) is 13.8 Å². The number of halogens is 2. The maximum absolute atomic E-state index is 13.8. The maximum atomic E-state index is 13.8. The minimum absolute atomic E-state index is 0.264. The summed E-state index contributed by atoms with van der Waals surface area (Å²) in [5.41, 5.74) is 0.753. The van der Waals surface area contributed by atoms with Crippen molar-refractivity contribution in [1.29, 1.82) is 0 Å². The molecule has 0 saturated carbocycles. The lowest BCUT2D eigenvalue weighted by molar-refractivity contribution is -0.142. The van der Waals surface area contributed by atoms with Gasteiger partial charge in [-0.2, -0.15) is 0 Å². The average Bonchev–Trinajstić information content (AvgIpc) is 2.88. The van der Waals surface area contributed by atoms with Gasteiger partial charge in [0.15, 0.2) is 0 Å². The number of aromatic nitrogens is 3. The second-order valence-electron chi connectivity index (χ2n) is 3.93. The highest BCUT2D eigenvalue weighted by atomic mass is 35.5. The SMILES string of the molecule is CCOC(OCC)c1cn(-c2ccc(Cl)cc2F)nn1. The Morgan fingerprint density at radius 2 is 2.00 bits per heavy atom. The number of hydrogen-bond acceptors (Lipinski definition) is 4. The van der Waals surface area contributed by atoms with E-state index in [0.29, 0.717) is 23.9 Å². The van der Waals surface area contributed by atoms with Gasteiger partial charge in [0.05, 0.1) is 6.20 Å². The van der Waals surface area contributed by atoms with Crippen LogP contribution in [0.25, 0.3) is 5.69 Å². The molecule has 2 rings (SSSR count). The first-order valence-electron chi connectivity index (χ1n) is 6.26. The molecule has 0 aliphatic carbocycles. The Morgan fingerprint density at radius 3 is 2.60 bits per heavy atom. The van der Waals surface area contributed by atoms with E-state index in [1.165, 1.54) is 16.8 Å². The number of ether oxygens (including phenoxy) is 2. The van der Waals surface area contributed by atoms with E-state index in [1.54, 1.807) is 12.3 Å². The minimum Gasteiger partial charge on any atom is -0.347 e. The van der Waals surface area contributed by atoms with Gasteiger partial charge in [-0.3, -0.25) is 0 Å². The van der Waals surface area contributed by atoms with E-state index >= 15 is 0 Å². The molecule has 0 radical (unpaired) electrons. The number of hydrogen-bond donors (Lipinski definition) is 0. The zero-order valence-electron chi connectivity index (χ0n) is 11.2. The van der Waals surface area contributed by atoms with Gasteiger partial charge >= 0.3 is 0 Å². The quantitative estimate of drug-likeness (QED) is 0.769. The van der Waals surface area contributed by atoms with Crippen molar-refractivity contribution in [2.45, 2.75) is 20.1 Å². The topological polar surface area (TPSA) is 49.2 Å². The number of nitrogens with zero attached hydrogens (tertiary/aromatic N) is 3. The average molecular weight is 300 g/mol. The first kappa shape index (κ1) is 14.9. The molecule has 0 spiro atoms. The highest BCUT2D eigenvalue weighted by Gasteiger charge is 2.17. The lowest BCUT2D eigenvalue weighted by Gasteiger charge is -2.13. The smallest absolute Gasteiger partial charge is 0.204 e. The highest BCUT2D eigenvalue weighted by molar-refractivity contribution is 6.30. The van der Waals surface area contributed by atoms with E-state index in [4.69, 9.17) is 21.1 Å². The molecular weight excluding hydrogens is 285 g/mol. The predicted molar refractivity (Wildman–Crippen MR) is 72.3 cm³/mol. The molecule has 20 heavy (non-hydrogen) atoms. The van der Waals surface area contributed by atoms with Crippen LogP contribution in [-0.4, -0.2) is 28.2 Å². The number of benzene rings is 1. The van der Waals surface area contributed by atoms with Gasteiger partial charge in [-0.15, -0.1) is 5.10 Å². The summed E-state index contributed by atoms with van der Waals surface area (Å²) in [6.45, 7) is 4.67. The summed E-state index contributed by atoms with van der Waals surface area (Å²) in [6, 6.07) is 4.34. The van der Waals surface area contributed by atoms with Gasteiger partial charge in [0.25, 0.3) is 0 Å². The third kappa shape index (κ3) is 3.33. The third-order valence-corrected chi connectivity index (χ3v) is 2.78. The zero-order chi connectivity index (χ0) is 14.5. The molecule has 0 atom stereocenters. The van der Waals surface area contributed by atoms with Crippen LogP contribution in [0.1, 0.15) is 25.8 Å². The van der Waals surface area contributed by atoms with Gasteiger partial charge in [-0.1, -0.05) is 16.8 Å². The van der Waals surface area contributed by atoms with Crippen molar-refractivity contribution in [1.82, 2.24) is 15.0 Å². The van der Waals surface area contributed by atoms with Crippen LogP contribution in [0.5, 0.6) is 0 Å². The van der Waals surface area contributed by atoms with Gasteiger partial charge in [-0.25, -0.2) is 9.07 Å². The summed E-state index contributed by atoms with van der Waals surface area (Å²) in [5, 5.41) is 8.17. The van der Waals surface area contributed by atoms with Crippen molar-refractivity contribution in [2.75, 3.05) is 13.2 Å². The van der Waals surface area contributed by atoms with Crippen molar-refractivity contribution in [3.63, 3.8) is 0 Å². The van der Waals surface area contributed by atoms with Gasteiger partial charge < -0.3 is 9.47 Å². The molecule has 1 aromatic carbocycles. The van der Waals surface area contributed by atoms with E-state index in [-0.39, 0.29) is 5.69 Å². The van der Waals surface area contributed by atoms with Crippen LogP contribution >= 0.6 is 11.6 Å². The molecule has 0 saturated heterocycles. The Labute approximate surface area is 121 Å². The molecule has 0 amide bonds. The van der Waals surface area contributed by atoms with Gasteiger partial charge in [0.2, 0.25) is 6.29 Å². The summed E-state index contributed by atoms with van der Waals surface area (Å²) in [7, 11) is 0. The molecule has 0 bridgehead atoms. The fourth-order valence-corrected chi connectivity index (χ4v) is 1.85.